The van der Waals surface area contributed by atoms with Gasteiger partial charge in [-0.2, -0.15) is 0 Å². The third kappa shape index (κ3) is 10.6. The van der Waals surface area contributed by atoms with E-state index in [1.165, 1.54) is 0 Å². The molecule has 9 nitrogen and oxygen atoms in total. The molecule has 0 spiro atoms. The highest BCUT2D eigenvalue weighted by Crippen LogP contribution is 2.53. The summed E-state index contributed by atoms with van der Waals surface area (Å²) in [4.78, 5) is 19.0. The van der Waals surface area contributed by atoms with Crippen molar-refractivity contribution in [2.24, 2.45) is 0 Å². The smallest absolute Gasteiger partial charge is 0.251 e. The highest BCUT2D eigenvalue weighted by Gasteiger charge is 2.48. The summed E-state index contributed by atoms with van der Waals surface area (Å²) in [5.74, 6) is 0.537. The van der Waals surface area contributed by atoms with Gasteiger partial charge in [-0.3, -0.25) is 9.78 Å². The molecule has 0 radical (unpaired) electrons. The SMILES string of the molecule is O=C(C(O)CCCCO)N(CCCCc1cc(Cl)c(COC2(c3cnccc3-c3ccccc3OC3CC3)CC2)cc1Cl)CCOCCO. The van der Waals surface area contributed by atoms with Gasteiger partial charge in [0.1, 0.15) is 11.9 Å². The lowest BCUT2D eigenvalue weighted by molar-refractivity contribution is -0.141. The van der Waals surface area contributed by atoms with Gasteiger partial charge in [-0.1, -0.05) is 41.4 Å². The number of carbonyl (C=O) groups is 1. The molecule has 1 unspecified atom stereocenters. The van der Waals surface area contributed by atoms with Gasteiger partial charge in [0.25, 0.3) is 5.91 Å². The number of aliphatic hydroxyl groups is 3. The molecule has 0 saturated heterocycles. The fourth-order valence-corrected chi connectivity index (χ4v) is 6.50. The molecule has 1 amide bonds. The number of nitrogens with zero attached hydrogens (tertiary/aromatic N) is 2. The number of benzene rings is 2. The maximum atomic E-state index is 12.9. The fourth-order valence-electron chi connectivity index (χ4n) is 5.98. The third-order valence-corrected chi connectivity index (χ3v) is 9.78. The maximum absolute atomic E-state index is 12.9. The molecule has 2 fully saturated rings. The van der Waals surface area contributed by atoms with E-state index in [-0.39, 0.29) is 32.3 Å². The number of aromatic nitrogens is 1. The Morgan fingerprint density at radius 2 is 1.71 bits per heavy atom. The number of aliphatic hydroxyl groups excluding tert-OH is 3. The highest BCUT2D eigenvalue weighted by atomic mass is 35.5. The Balaban J connectivity index is 1.17. The van der Waals surface area contributed by atoms with E-state index in [1.54, 1.807) is 4.90 Å². The molecule has 1 heterocycles. The van der Waals surface area contributed by atoms with Gasteiger partial charge < -0.3 is 34.4 Å². The van der Waals surface area contributed by atoms with E-state index in [0.29, 0.717) is 67.9 Å². The van der Waals surface area contributed by atoms with E-state index < -0.39 is 11.7 Å². The molecule has 1 atom stereocenters. The number of aryl methyl sites for hydroxylation is 1. The van der Waals surface area contributed by atoms with Gasteiger partial charge in [-0.15, -0.1) is 0 Å². The summed E-state index contributed by atoms with van der Waals surface area (Å²) in [6.45, 7) is 1.47. The Kier molecular flexibility index (Phi) is 14.1. The first kappa shape index (κ1) is 37.5. The quantitative estimate of drug-likeness (QED) is 0.101. The number of amides is 1. The largest absolute Gasteiger partial charge is 0.490 e. The standard InChI is InChI=1S/C38H48Cl2N2O7/c39-33-24-28(26-48-38(14-15-38)32-25-41-16-13-30(32)31-8-1-2-10-36(31)49-29-11-12-29)34(40)23-27(33)7-3-5-17-42(18-21-47-22-20-44)37(46)35(45)9-4-6-19-43/h1-2,8,10,13,16,23-25,29,35,43-45H,3-7,9,11-12,14-15,17-22,26H2. The van der Waals surface area contributed by atoms with E-state index in [0.717, 1.165) is 65.7 Å². The zero-order chi connectivity index (χ0) is 34.6. The average molecular weight is 716 g/mol. The summed E-state index contributed by atoms with van der Waals surface area (Å²) in [7, 11) is 0. The molecule has 3 N–H and O–H groups in total. The number of hydrogen-bond acceptors (Lipinski definition) is 8. The predicted molar refractivity (Wildman–Crippen MR) is 190 cm³/mol. The molecular formula is C38H48Cl2N2O7. The third-order valence-electron chi connectivity index (χ3n) is 9.08. The molecule has 11 heteroatoms. The Labute approximate surface area is 299 Å². The minimum atomic E-state index is -1.12. The van der Waals surface area contributed by atoms with Crippen LogP contribution in [0, 0.1) is 0 Å². The highest BCUT2D eigenvalue weighted by molar-refractivity contribution is 6.34. The Morgan fingerprint density at radius 1 is 0.939 bits per heavy atom. The van der Waals surface area contributed by atoms with Crippen LogP contribution in [0.15, 0.2) is 54.9 Å². The van der Waals surface area contributed by atoms with Gasteiger partial charge in [0, 0.05) is 53.3 Å². The number of hydrogen-bond donors (Lipinski definition) is 3. The molecule has 266 valence electrons. The lowest BCUT2D eigenvalue weighted by Crippen LogP contribution is -2.41. The van der Waals surface area contributed by atoms with Gasteiger partial charge in [0.15, 0.2) is 0 Å². The van der Waals surface area contributed by atoms with Crippen LogP contribution in [0.4, 0.5) is 0 Å². The average Bonchev–Trinajstić information content (AvgIpc) is 4.06. The summed E-state index contributed by atoms with van der Waals surface area (Å²) < 4.78 is 18.2. The Bertz CT molecular complexity index is 1520. The minimum absolute atomic E-state index is 0.0269. The second-order valence-electron chi connectivity index (χ2n) is 12.9. The first-order valence-corrected chi connectivity index (χ1v) is 18.2. The molecule has 3 aromatic rings. The van der Waals surface area contributed by atoms with Crippen molar-refractivity contribution in [1.29, 1.82) is 0 Å². The van der Waals surface area contributed by atoms with Crippen LogP contribution in [0.5, 0.6) is 5.75 Å². The maximum Gasteiger partial charge on any atom is 0.251 e. The van der Waals surface area contributed by atoms with Crippen molar-refractivity contribution in [3.05, 3.63) is 81.6 Å². The van der Waals surface area contributed by atoms with E-state index in [2.05, 4.69) is 11.1 Å². The topological polar surface area (TPSA) is 122 Å². The predicted octanol–water partition coefficient (Wildman–Crippen LogP) is 6.49. The van der Waals surface area contributed by atoms with Crippen molar-refractivity contribution in [1.82, 2.24) is 9.88 Å². The van der Waals surface area contributed by atoms with Crippen LogP contribution in [0.1, 0.15) is 74.5 Å². The molecule has 49 heavy (non-hydrogen) atoms. The minimum Gasteiger partial charge on any atom is -0.490 e. The van der Waals surface area contributed by atoms with E-state index in [9.17, 15) is 9.90 Å². The number of rotatable bonds is 22. The second kappa shape index (κ2) is 18.5. The number of ether oxygens (including phenoxy) is 3. The van der Waals surface area contributed by atoms with Gasteiger partial charge in [-0.05, 0) is 105 Å². The number of unbranched alkanes of at least 4 members (excludes halogenated alkanes) is 2. The first-order valence-electron chi connectivity index (χ1n) is 17.4. The Morgan fingerprint density at radius 3 is 2.47 bits per heavy atom. The van der Waals surface area contributed by atoms with Gasteiger partial charge in [0.2, 0.25) is 0 Å². The molecule has 5 rings (SSSR count). The zero-order valence-corrected chi connectivity index (χ0v) is 29.5. The Hall–Kier alpha value is -2.76. The molecule has 1 aromatic heterocycles. The van der Waals surface area contributed by atoms with Gasteiger partial charge >= 0.3 is 0 Å². The van der Waals surface area contributed by atoms with E-state index in [1.807, 2.05) is 48.8 Å². The van der Waals surface area contributed by atoms with Crippen molar-refractivity contribution in [2.75, 3.05) is 39.5 Å². The molecule has 2 saturated carbocycles. The van der Waals surface area contributed by atoms with Crippen molar-refractivity contribution in [3.8, 4) is 16.9 Å². The van der Waals surface area contributed by atoms with Crippen LogP contribution in [-0.4, -0.2) is 82.8 Å². The van der Waals surface area contributed by atoms with E-state index in [4.69, 9.17) is 47.6 Å². The lowest BCUT2D eigenvalue weighted by atomic mass is 9.96. The molecule has 2 aromatic carbocycles. The van der Waals surface area contributed by atoms with Crippen molar-refractivity contribution >= 4 is 29.1 Å². The van der Waals surface area contributed by atoms with Crippen LogP contribution in [-0.2, 0) is 32.9 Å². The van der Waals surface area contributed by atoms with Crippen LogP contribution < -0.4 is 4.74 Å². The summed E-state index contributed by atoms with van der Waals surface area (Å²) in [6, 6.07) is 14.0. The second-order valence-corrected chi connectivity index (χ2v) is 13.7. The summed E-state index contributed by atoms with van der Waals surface area (Å²) >= 11 is 13.5. The molecule has 0 bridgehead atoms. The van der Waals surface area contributed by atoms with E-state index >= 15 is 0 Å². The normalized spacial score (nSPS) is 15.6. The lowest BCUT2D eigenvalue weighted by Gasteiger charge is -2.25. The van der Waals surface area contributed by atoms with Crippen molar-refractivity contribution in [2.45, 2.75) is 88.6 Å². The van der Waals surface area contributed by atoms with Crippen LogP contribution in [0.25, 0.3) is 11.1 Å². The van der Waals surface area contributed by atoms with Crippen LogP contribution >= 0.6 is 23.2 Å². The number of carbonyl (C=O) groups excluding carboxylic acids is 1. The first-order chi connectivity index (χ1) is 23.8. The molecule has 0 aliphatic heterocycles. The van der Waals surface area contributed by atoms with Crippen LogP contribution in [0.3, 0.4) is 0 Å². The summed E-state index contributed by atoms with van der Waals surface area (Å²) in [6.07, 6.45) is 10.4. The van der Waals surface area contributed by atoms with Gasteiger partial charge in [-0.25, -0.2) is 0 Å². The summed E-state index contributed by atoms with van der Waals surface area (Å²) in [5, 5.41) is 29.6. The van der Waals surface area contributed by atoms with Crippen molar-refractivity contribution in [3.63, 3.8) is 0 Å². The number of halogens is 2. The van der Waals surface area contributed by atoms with Crippen molar-refractivity contribution < 1.29 is 34.3 Å². The molecular weight excluding hydrogens is 667 g/mol. The number of para-hydroxylation sites is 1. The summed E-state index contributed by atoms with van der Waals surface area (Å²) in [5.41, 5.74) is 4.45. The monoisotopic (exact) mass is 714 g/mol. The number of pyridine rings is 1. The van der Waals surface area contributed by atoms with Gasteiger partial charge in [0.05, 0.1) is 38.1 Å². The van der Waals surface area contributed by atoms with Crippen LogP contribution in [0.2, 0.25) is 10.0 Å². The fraction of sp³-hybridized carbons (Fsp3) is 0.526. The zero-order valence-electron chi connectivity index (χ0n) is 28.0. The molecule has 2 aliphatic carbocycles. The molecule has 2 aliphatic rings.